The minimum atomic E-state index is 0.202. The molecule has 0 bridgehead atoms. The molecule has 2 saturated heterocycles. The fourth-order valence-electron chi connectivity index (χ4n) is 3.37. The van der Waals surface area contributed by atoms with Gasteiger partial charge in [-0.05, 0) is 24.9 Å². The largest absolute Gasteiger partial charge is 0.340 e. The van der Waals surface area contributed by atoms with Gasteiger partial charge in [0.05, 0.1) is 5.92 Å². The van der Waals surface area contributed by atoms with Gasteiger partial charge in [0.1, 0.15) is 0 Å². The number of carbonyl (C=O) groups excluding carboxylic acids is 1. The normalized spacial score (nSPS) is 23.3. The molecule has 4 heteroatoms. The molecule has 2 aliphatic heterocycles. The second-order valence-corrected chi connectivity index (χ2v) is 6.48. The number of carbonyl (C=O) groups is 1. The van der Waals surface area contributed by atoms with E-state index in [9.17, 15) is 4.79 Å². The van der Waals surface area contributed by atoms with Gasteiger partial charge in [-0.15, -0.1) is 0 Å². The summed E-state index contributed by atoms with van der Waals surface area (Å²) in [5.74, 6) is 0.560. The summed E-state index contributed by atoms with van der Waals surface area (Å²) in [6.45, 7) is 6.57. The highest BCUT2D eigenvalue weighted by Crippen LogP contribution is 2.15. The highest BCUT2D eigenvalue weighted by atomic mass is 16.2. The topological polar surface area (TPSA) is 35.6 Å². The van der Waals surface area contributed by atoms with E-state index in [1.54, 1.807) is 0 Å². The van der Waals surface area contributed by atoms with Crippen molar-refractivity contribution in [3.63, 3.8) is 0 Å². The average molecular weight is 313 g/mol. The summed E-state index contributed by atoms with van der Waals surface area (Å²) in [5.41, 5.74) is 1.24. The number of hydrogen-bond donors (Lipinski definition) is 1. The number of piperazine rings is 1. The van der Waals surface area contributed by atoms with Crippen molar-refractivity contribution in [1.29, 1.82) is 0 Å². The first-order chi connectivity index (χ1) is 11.3. The maximum Gasteiger partial charge on any atom is 0.227 e. The van der Waals surface area contributed by atoms with Gasteiger partial charge < -0.3 is 10.2 Å². The molecule has 4 nitrogen and oxygen atoms in total. The van der Waals surface area contributed by atoms with E-state index in [1.807, 2.05) is 6.07 Å². The van der Waals surface area contributed by atoms with Crippen LogP contribution in [0.25, 0.3) is 6.08 Å². The molecule has 0 spiro atoms. The van der Waals surface area contributed by atoms with Crippen molar-refractivity contribution in [2.75, 3.05) is 45.8 Å². The zero-order valence-electron chi connectivity index (χ0n) is 13.8. The van der Waals surface area contributed by atoms with Gasteiger partial charge in [0.25, 0.3) is 0 Å². The predicted octanol–water partition coefficient (Wildman–Crippen LogP) is 1.84. The molecular formula is C19H27N3O. The smallest absolute Gasteiger partial charge is 0.227 e. The predicted molar refractivity (Wildman–Crippen MR) is 94.1 cm³/mol. The van der Waals surface area contributed by atoms with Gasteiger partial charge in [-0.3, -0.25) is 9.69 Å². The van der Waals surface area contributed by atoms with E-state index >= 15 is 0 Å². The number of nitrogens with zero attached hydrogens (tertiary/aromatic N) is 2. The van der Waals surface area contributed by atoms with Crippen LogP contribution in [0.3, 0.4) is 0 Å². The lowest BCUT2D eigenvalue weighted by Gasteiger charge is -2.36. The summed E-state index contributed by atoms with van der Waals surface area (Å²) >= 11 is 0. The summed E-state index contributed by atoms with van der Waals surface area (Å²) in [7, 11) is 0. The molecule has 3 rings (SSSR count). The summed E-state index contributed by atoms with van der Waals surface area (Å²) in [5, 5.41) is 3.34. The molecule has 2 fully saturated rings. The Morgan fingerprint density at radius 3 is 2.65 bits per heavy atom. The van der Waals surface area contributed by atoms with Crippen molar-refractivity contribution < 1.29 is 4.79 Å². The van der Waals surface area contributed by atoms with Crippen molar-refractivity contribution in [3.8, 4) is 0 Å². The van der Waals surface area contributed by atoms with Crippen LogP contribution in [0.5, 0.6) is 0 Å². The first-order valence-electron chi connectivity index (χ1n) is 8.76. The quantitative estimate of drug-likeness (QED) is 0.921. The number of hydrogen-bond acceptors (Lipinski definition) is 3. The van der Waals surface area contributed by atoms with Crippen molar-refractivity contribution in [3.05, 3.63) is 42.0 Å². The van der Waals surface area contributed by atoms with Gasteiger partial charge in [0.15, 0.2) is 0 Å². The maximum atomic E-state index is 12.5. The molecule has 1 amide bonds. The molecule has 1 aromatic carbocycles. The number of piperidine rings is 1. The lowest BCUT2D eigenvalue weighted by molar-refractivity contribution is -0.137. The van der Waals surface area contributed by atoms with Crippen molar-refractivity contribution in [1.82, 2.24) is 15.1 Å². The highest BCUT2D eigenvalue weighted by Gasteiger charge is 2.27. The molecule has 1 unspecified atom stereocenters. The molecule has 2 heterocycles. The first kappa shape index (κ1) is 16.2. The lowest BCUT2D eigenvalue weighted by atomic mass is 9.98. The third-order valence-corrected chi connectivity index (χ3v) is 4.80. The third-order valence-electron chi connectivity index (χ3n) is 4.80. The number of benzene rings is 1. The van der Waals surface area contributed by atoms with Crippen LogP contribution in [0, 0.1) is 5.92 Å². The Balaban J connectivity index is 1.41. The van der Waals surface area contributed by atoms with E-state index in [0.29, 0.717) is 5.91 Å². The lowest BCUT2D eigenvalue weighted by Crippen LogP contribution is -2.52. The molecule has 1 aromatic rings. The van der Waals surface area contributed by atoms with Crippen molar-refractivity contribution in [2.24, 2.45) is 5.92 Å². The van der Waals surface area contributed by atoms with Gasteiger partial charge in [-0.25, -0.2) is 0 Å². The number of amides is 1. The fourth-order valence-corrected chi connectivity index (χ4v) is 3.37. The van der Waals surface area contributed by atoms with Crippen LogP contribution in [0.4, 0.5) is 0 Å². The molecular weight excluding hydrogens is 286 g/mol. The Morgan fingerprint density at radius 1 is 1.17 bits per heavy atom. The van der Waals surface area contributed by atoms with Crippen molar-refractivity contribution in [2.45, 2.75) is 12.8 Å². The Hall–Kier alpha value is -1.65. The zero-order chi connectivity index (χ0) is 15.9. The van der Waals surface area contributed by atoms with Crippen LogP contribution in [-0.4, -0.2) is 61.5 Å². The Morgan fingerprint density at radius 2 is 1.96 bits per heavy atom. The Bertz CT molecular complexity index is 515. The number of rotatable bonds is 4. The summed E-state index contributed by atoms with van der Waals surface area (Å²) in [6, 6.07) is 10.4. The van der Waals surface area contributed by atoms with E-state index in [0.717, 1.165) is 58.7 Å². The molecule has 1 atom stereocenters. The van der Waals surface area contributed by atoms with Crippen LogP contribution in [0.2, 0.25) is 0 Å². The fraction of sp³-hybridized carbons (Fsp3) is 0.526. The molecule has 0 radical (unpaired) electrons. The van der Waals surface area contributed by atoms with E-state index in [-0.39, 0.29) is 5.92 Å². The van der Waals surface area contributed by atoms with Gasteiger partial charge in [-0.2, -0.15) is 0 Å². The highest BCUT2D eigenvalue weighted by molar-refractivity contribution is 5.79. The molecule has 0 saturated carbocycles. The maximum absolute atomic E-state index is 12.5. The third kappa shape index (κ3) is 4.66. The minimum absolute atomic E-state index is 0.202. The van der Waals surface area contributed by atoms with Gasteiger partial charge in [0.2, 0.25) is 5.91 Å². The zero-order valence-corrected chi connectivity index (χ0v) is 13.8. The van der Waals surface area contributed by atoms with E-state index in [2.05, 4.69) is 51.5 Å². The SMILES string of the molecule is O=C(C1CCCNC1)N1CCN(C/C=C/c2ccccc2)CC1. The monoisotopic (exact) mass is 313 g/mol. The minimum Gasteiger partial charge on any atom is -0.340 e. The molecule has 23 heavy (non-hydrogen) atoms. The Kier molecular flexibility index (Phi) is 5.83. The van der Waals surface area contributed by atoms with Crippen LogP contribution >= 0.6 is 0 Å². The van der Waals surface area contributed by atoms with Crippen LogP contribution in [0.15, 0.2) is 36.4 Å². The molecule has 0 aliphatic carbocycles. The van der Waals surface area contributed by atoms with Gasteiger partial charge >= 0.3 is 0 Å². The second-order valence-electron chi connectivity index (χ2n) is 6.48. The average Bonchev–Trinajstić information content (AvgIpc) is 2.63. The van der Waals surface area contributed by atoms with Crippen LogP contribution in [-0.2, 0) is 4.79 Å². The molecule has 0 aromatic heterocycles. The number of nitrogens with one attached hydrogen (secondary N) is 1. The van der Waals surface area contributed by atoms with Gasteiger partial charge in [0, 0.05) is 39.3 Å². The van der Waals surface area contributed by atoms with E-state index in [1.165, 1.54) is 5.56 Å². The molecule has 124 valence electrons. The van der Waals surface area contributed by atoms with Gasteiger partial charge in [-0.1, -0.05) is 42.5 Å². The summed E-state index contributed by atoms with van der Waals surface area (Å²) < 4.78 is 0. The Labute approximate surface area is 139 Å². The van der Waals surface area contributed by atoms with Crippen LogP contribution < -0.4 is 5.32 Å². The van der Waals surface area contributed by atoms with E-state index < -0.39 is 0 Å². The standard InChI is InChI=1S/C19H27N3O/c23-19(18-9-4-10-20-16-18)22-14-12-21(13-15-22)11-5-8-17-6-2-1-3-7-17/h1-3,5-8,18,20H,4,9-16H2/b8-5+. The van der Waals surface area contributed by atoms with Crippen LogP contribution in [0.1, 0.15) is 18.4 Å². The molecule has 1 N–H and O–H groups in total. The summed E-state index contributed by atoms with van der Waals surface area (Å²) in [4.78, 5) is 17.0. The first-order valence-corrected chi connectivity index (χ1v) is 8.76. The molecule has 2 aliphatic rings. The second kappa shape index (κ2) is 8.27. The van der Waals surface area contributed by atoms with E-state index in [4.69, 9.17) is 0 Å². The van der Waals surface area contributed by atoms with Crippen molar-refractivity contribution >= 4 is 12.0 Å². The summed E-state index contributed by atoms with van der Waals surface area (Å²) in [6.07, 6.45) is 6.57.